The maximum atomic E-state index is 6.77. The molecule has 0 aliphatic carbocycles. The molecule has 0 aromatic heterocycles. The Labute approximate surface area is 188 Å². The van der Waals surface area contributed by atoms with E-state index in [0.29, 0.717) is 24.4 Å². The van der Waals surface area contributed by atoms with Gasteiger partial charge in [0.15, 0.2) is 0 Å². The Hall–Kier alpha value is -0.575. The molecule has 1 aliphatic rings. The van der Waals surface area contributed by atoms with E-state index in [9.17, 15) is 0 Å². The first-order valence-electron chi connectivity index (χ1n) is 11.9. The van der Waals surface area contributed by atoms with Crippen LogP contribution in [0.2, 0.25) is 6.32 Å². The van der Waals surface area contributed by atoms with Crippen molar-refractivity contribution < 1.29 is 14.0 Å². The van der Waals surface area contributed by atoms with Crippen LogP contribution in [0, 0.1) is 28.6 Å². The van der Waals surface area contributed by atoms with Crippen molar-refractivity contribution in [2.45, 2.75) is 101 Å². The zero-order chi connectivity index (χ0) is 23.4. The zero-order valence-corrected chi connectivity index (χ0v) is 22.0. The first-order chi connectivity index (χ1) is 13.6. The lowest BCUT2D eigenvalue weighted by Crippen LogP contribution is -2.62. The Bertz CT molecular complexity index is 547. The lowest BCUT2D eigenvalue weighted by atomic mass is 9.58. The van der Waals surface area contributed by atoms with Gasteiger partial charge in [-0.15, -0.1) is 0 Å². The van der Waals surface area contributed by atoms with Crippen LogP contribution in [0.1, 0.15) is 83.1 Å². The monoisotopic (exact) mass is 420 g/mol. The number of hydrogen-bond acceptors (Lipinski definition) is 3. The molecule has 174 valence electrons. The molecule has 0 bridgehead atoms. The second-order valence-corrected chi connectivity index (χ2v) is 11.6. The summed E-state index contributed by atoms with van der Waals surface area (Å²) in [6.07, 6.45) is 9.94. The first kappa shape index (κ1) is 27.5. The molecule has 2 atom stereocenters. The Morgan fingerprint density at radius 1 is 0.800 bits per heavy atom. The fourth-order valence-corrected chi connectivity index (χ4v) is 4.11. The average Bonchev–Trinajstić information content (AvgIpc) is 2.89. The second-order valence-electron chi connectivity index (χ2n) is 11.6. The van der Waals surface area contributed by atoms with Crippen molar-refractivity contribution in [1.82, 2.24) is 0 Å². The Balaban J connectivity index is 3.27. The van der Waals surface area contributed by atoms with Gasteiger partial charge in [0.1, 0.15) is 0 Å². The number of ether oxygens (including phenoxy) is 1. The molecular weight excluding hydrogens is 371 g/mol. The van der Waals surface area contributed by atoms with Crippen molar-refractivity contribution >= 4 is 7.12 Å². The largest absolute Gasteiger partial charge is 0.460 e. The summed E-state index contributed by atoms with van der Waals surface area (Å²) in [5.41, 5.74) is -1.41. The zero-order valence-electron chi connectivity index (χ0n) is 22.0. The Morgan fingerprint density at radius 2 is 1.20 bits per heavy atom. The van der Waals surface area contributed by atoms with E-state index in [1.165, 1.54) is 0 Å². The van der Waals surface area contributed by atoms with Gasteiger partial charge in [-0.05, 0) is 31.6 Å². The molecule has 1 fully saturated rings. The average molecular weight is 420 g/mol. The smallest absolute Gasteiger partial charge is 0.402 e. The van der Waals surface area contributed by atoms with Gasteiger partial charge in [0.05, 0.1) is 11.2 Å². The minimum absolute atomic E-state index is 0.206. The van der Waals surface area contributed by atoms with Crippen LogP contribution in [0.3, 0.4) is 0 Å². The molecule has 0 amide bonds. The van der Waals surface area contributed by atoms with Crippen LogP contribution in [-0.4, -0.2) is 31.5 Å². The molecule has 0 N–H and O–H groups in total. The summed E-state index contributed by atoms with van der Waals surface area (Å²) >= 11 is 0. The highest BCUT2D eigenvalue weighted by molar-refractivity contribution is 6.45. The fraction of sp³-hybridized carbons (Fsp3) is 0.846. The van der Waals surface area contributed by atoms with Crippen LogP contribution in [0.15, 0.2) is 24.3 Å². The van der Waals surface area contributed by atoms with E-state index >= 15 is 0 Å². The first-order valence-corrected chi connectivity index (χ1v) is 11.9. The summed E-state index contributed by atoms with van der Waals surface area (Å²) in [5.74, 6) is 1.53. The van der Waals surface area contributed by atoms with Crippen molar-refractivity contribution in [1.29, 1.82) is 0 Å². The highest BCUT2D eigenvalue weighted by atomic mass is 16.7. The molecule has 1 saturated heterocycles. The number of allylic oxidation sites excluding steroid dienone is 2. The minimum Gasteiger partial charge on any atom is -0.402 e. The molecule has 0 aromatic rings. The van der Waals surface area contributed by atoms with Gasteiger partial charge >= 0.3 is 7.12 Å². The van der Waals surface area contributed by atoms with E-state index < -0.39 is 11.2 Å². The fourth-order valence-electron chi connectivity index (χ4n) is 4.11. The molecule has 0 saturated carbocycles. The van der Waals surface area contributed by atoms with Crippen LogP contribution in [0.25, 0.3) is 0 Å². The predicted molar refractivity (Wildman–Crippen MR) is 131 cm³/mol. The van der Waals surface area contributed by atoms with E-state index in [4.69, 9.17) is 14.0 Å². The highest BCUT2D eigenvalue weighted by Gasteiger charge is 2.66. The van der Waals surface area contributed by atoms with E-state index in [1.807, 2.05) is 0 Å². The molecular formula is C26H49BO3. The summed E-state index contributed by atoms with van der Waals surface area (Å²) in [4.78, 5) is 0. The van der Waals surface area contributed by atoms with Gasteiger partial charge in [-0.2, -0.15) is 0 Å². The number of rotatable bonds is 11. The van der Waals surface area contributed by atoms with E-state index in [1.54, 1.807) is 0 Å². The van der Waals surface area contributed by atoms with Crippen molar-refractivity contribution in [3.8, 4) is 0 Å². The molecule has 1 rings (SSSR count). The van der Waals surface area contributed by atoms with E-state index in [0.717, 1.165) is 12.9 Å². The second kappa shape index (κ2) is 10.4. The van der Waals surface area contributed by atoms with Crippen LogP contribution in [-0.2, 0) is 14.0 Å². The third kappa shape index (κ3) is 6.23. The van der Waals surface area contributed by atoms with Gasteiger partial charge in [-0.1, -0.05) is 93.5 Å². The van der Waals surface area contributed by atoms with Crippen LogP contribution >= 0.6 is 0 Å². The summed E-state index contributed by atoms with van der Waals surface area (Å²) < 4.78 is 19.4. The molecule has 2 unspecified atom stereocenters. The van der Waals surface area contributed by atoms with E-state index in [-0.39, 0.29) is 17.9 Å². The lowest BCUT2D eigenvalue weighted by molar-refractivity contribution is -0.129. The van der Waals surface area contributed by atoms with Gasteiger partial charge in [-0.3, -0.25) is 0 Å². The summed E-state index contributed by atoms with van der Waals surface area (Å²) in [7, 11) is -0.273. The standard InChI is InChI=1S/C26H49BO3/c1-20(2)13-15-23(7,8)25(11)26(12,24(9,10)16-14-21(3)4)30-27(29-25)17-18-28-19-22(5)6/h13-16,20-22H,17-19H2,1-12H3. The third-order valence-corrected chi connectivity index (χ3v) is 6.85. The van der Waals surface area contributed by atoms with E-state index in [2.05, 4.69) is 107 Å². The van der Waals surface area contributed by atoms with Crippen molar-refractivity contribution in [2.75, 3.05) is 13.2 Å². The van der Waals surface area contributed by atoms with Gasteiger partial charge in [0.2, 0.25) is 0 Å². The molecule has 4 heteroatoms. The summed E-state index contributed by atoms with van der Waals surface area (Å²) in [6, 6.07) is 0. The van der Waals surface area contributed by atoms with Crippen molar-refractivity contribution in [3.63, 3.8) is 0 Å². The topological polar surface area (TPSA) is 27.7 Å². The quantitative estimate of drug-likeness (QED) is 0.201. The van der Waals surface area contributed by atoms with Crippen LogP contribution < -0.4 is 0 Å². The van der Waals surface area contributed by atoms with Crippen LogP contribution in [0.4, 0.5) is 0 Å². The SMILES string of the molecule is CC(C)C=CC(C)(C)C1(C)OB(CCOCC(C)C)OC1(C)C(C)(C)C=CC(C)C. The molecule has 1 aliphatic heterocycles. The molecule has 3 nitrogen and oxygen atoms in total. The molecule has 0 spiro atoms. The predicted octanol–water partition coefficient (Wildman–Crippen LogP) is 7.19. The van der Waals surface area contributed by atoms with Crippen LogP contribution in [0.5, 0.6) is 0 Å². The molecule has 1 heterocycles. The van der Waals surface area contributed by atoms with Gasteiger partial charge in [-0.25, -0.2) is 0 Å². The molecule has 0 aromatic carbocycles. The molecule has 30 heavy (non-hydrogen) atoms. The normalized spacial score (nSPS) is 26.4. The number of hydrogen-bond donors (Lipinski definition) is 0. The van der Waals surface area contributed by atoms with Gasteiger partial charge < -0.3 is 14.0 Å². The van der Waals surface area contributed by atoms with Crippen molar-refractivity contribution in [2.24, 2.45) is 28.6 Å². The maximum absolute atomic E-state index is 6.77. The van der Waals surface area contributed by atoms with Gasteiger partial charge in [0, 0.05) is 30.4 Å². The summed E-state index contributed by atoms with van der Waals surface area (Å²) in [6.45, 7) is 28.2. The molecule has 0 radical (unpaired) electrons. The Morgan fingerprint density at radius 3 is 1.53 bits per heavy atom. The Kier molecular flexibility index (Phi) is 9.48. The lowest BCUT2D eigenvalue weighted by Gasteiger charge is -2.54. The van der Waals surface area contributed by atoms with Gasteiger partial charge in [0.25, 0.3) is 0 Å². The minimum atomic E-state index is -0.501. The maximum Gasteiger partial charge on any atom is 0.460 e. The van der Waals surface area contributed by atoms with Crippen molar-refractivity contribution in [3.05, 3.63) is 24.3 Å². The third-order valence-electron chi connectivity index (χ3n) is 6.85. The summed E-state index contributed by atoms with van der Waals surface area (Å²) in [5, 5.41) is 0. The highest BCUT2D eigenvalue weighted by Crippen LogP contribution is 2.57.